The summed E-state index contributed by atoms with van der Waals surface area (Å²) in [5.41, 5.74) is 10.6. The van der Waals surface area contributed by atoms with Crippen LogP contribution in [0.5, 0.6) is 0 Å². The molecule has 0 fully saturated rings. The van der Waals surface area contributed by atoms with E-state index in [1.54, 1.807) is 16.9 Å². The number of nitriles is 1. The fraction of sp³-hybridized carbons (Fsp3) is 0.174. The van der Waals surface area contributed by atoms with Crippen LogP contribution in [0.1, 0.15) is 38.4 Å². The van der Waals surface area contributed by atoms with Crippen molar-refractivity contribution in [2.45, 2.75) is 26.9 Å². The fourth-order valence-corrected chi connectivity index (χ4v) is 3.39. The molecule has 4 aromatic rings. The SMILES string of the molecule is Cc1cnc2ccc(Cn3cc(C(=O)NCc4ccc(N)nc4C)c(C#N)n3)cc2c1. The molecule has 0 radical (unpaired) electrons. The summed E-state index contributed by atoms with van der Waals surface area (Å²) in [5, 5.41) is 17.6. The predicted octanol–water partition coefficient (Wildman–Crippen LogP) is 2.88. The van der Waals surface area contributed by atoms with E-state index < -0.39 is 0 Å². The van der Waals surface area contributed by atoms with Gasteiger partial charge in [0.25, 0.3) is 5.91 Å². The van der Waals surface area contributed by atoms with Gasteiger partial charge >= 0.3 is 0 Å². The molecule has 4 rings (SSSR count). The summed E-state index contributed by atoms with van der Waals surface area (Å²) in [6, 6.07) is 13.6. The van der Waals surface area contributed by atoms with Crippen LogP contribution in [0.25, 0.3) is 10.9 Å². The minimum absolute atomic E-state index is 0.0861. The van der Waals surface area contributed by atoms with Gasteiger partial charge in [-0.05, 0) is 54.8 Å². The molecule has 1 amide bonds. The Morgan fingerprint density at radius 3 is 2.84 bits per heavy atom. The van der Waals surface area contributed by atoms with Gasteiger partial charge in [-0.25, -0.2) is 4.98 Å². The van der Waals surface area contributed by atoms with Crippen LogP contribution in [-0.4, -0.2) is 25.7 Å². The minimum Gasteiger partial charge on any atom is -0.384 e. The lowest BCUT2D eigenvalue weighted by Gasteiger charge is -2.07. The van der Waals surface area contributed by atoms with Gasteiger partial charge in [-0.1, -0.05) is 12.1 Å². The zero-order chi connectivity index (χ0) is 22.0. The highest BCUT2D eigenvalue weighted by Crippen LogP contribution is 2.17. The minimum atomic E-state index is -0.364. The lowest BCUT2D eigenvalue weighted by molar-refractivity contribution is 0.0950. The molecular formula is C23H21N7O. The van der Waals surface area contributed by atoms with E-state index in [1.807, 2.05) is 50.4 Å². The number of carbonyl (C=O) groups is 1. The van der Waals surface area contributed by atoms with Crippen LogP contribution >= 0.6 is 0 Å². The zero-order valence-electron chi connectivity index (χ0n) is 17.3. The molecule has 154 valence electrons. The molecule has 0 unspecified atom stereocenters. The number of benzene rings is 1. The topological polar surface area (TPSA) is 123 Å². The largest absolute Gasteiger partial charge is 0.384 e. The number of nitrogen functional groups attached to an aromatic ring is 1. The molecule has 8 heteroatoms. The van der Waals surface area contributed by atoms with E-state index in [-0.39, 0.29) is 23.7 Å². The first kappa shape index (κ1) is 20.0. The monoisotopic (exact) mass is 411 g/mol. The van der Waals surface area contributed by atoms with Crippen LogP contribution in [0.4, 0.5) is 5.82 Å². The second kappa shape index (κ2) is 8.24. The predicted molar refractivity (Wildman–Crippen MR) is 117 cm³/mol. The van der Waals surface area contributed by atoms with Crippen molar-refractivity contribution in [2.75, 3.05) is 5.73 Å². The Bertz CT molecular complexity index is 1330. The number of carbonyl (C=O) groups excluding carboxylic acids is 1. The number of anilines is 1. The van der Waals surface area contributed by atoms with E-state index in [2.05, 4.69) is 26.4 Å². The number of hydrogen-bond donors (Lipinski definition) is 2. The van der Waals surface area contributed by atoms with Gasteiger partial charge in [-0.3, -0.25) is 14.5 Å². The molecule has 0 aliphatic carbocycles. The quantitative estimate of drug-likeness (QED) is 0.521. The first-order chi connectivity index (χ1) is 14.9. The van der Waals surface area contributed by atoms with Gasteiger partial charge in [0.1, 0.15) is 11.9 Å². The molecule has 0 aliphatic heterocycles. The third-order valence-corrected chi connectivity index (χ3v) is 5.00. The molecule has 0 saturated heterocycles. The number of aryl methyl sites for hydroxylation is 2. The van der Waals surface area contributed by atoms with Gasteiger partial charge in [-0.2, -0.15) is 10.4 Å². The van der Waals surface area contributed by atoms with Gasteiger partial charge in [0.05, 0.1) is 17.6 Å². The Morgan fingerprint density at radius 1 is 1.23 bits per heavy atom. The van der Waals surface area contributed by atoms with Crippen LogP contribution in [0.15, 0.2) is 48.8 Å². The van der Waals surface area contributed by atoms with Crippen LogP contribution < -0.4 is 11.1 Å². The maximum atomic E-state index is 12.7. The Labute approximate surface area is 179 Å². The normalized spacial score (nSPS) is 10.7. The number of fused-ring (bicyclic) bond motifs is 1. The number of hydrogen-bond acceptors (Lipinski definition) is 6. The summed E-state index contributed by atoms with van der Waals surface area (Å²) in [6.45, 7) is 4.55. The van der Waals surface area contributed by atoms with Gasteiger partial charge < -0.3 is 11.1 Å². The van der Waals surface area contributed by atoms with Crippen LogP contribution in [0.2, 0.25) is 0 Å². The number of amides is 1. The molecule has 1 aromatic carbocycles. The number of pyridine rings is 2. The molecule has 3 aromatic heterocycles. The third kappa shape index (κ3) is 4.36. The second-order valence-electron chi connectivity index (χ2n) is 7.40. The van der Waals surface area contributed by atoms with E-state index in [0.29, 0.717) is 12.4 Å². The van der Waals surface area contributed by atoms with Crippen molar-refractivity contribution >= 4 is 22.6 Å². The average molecular weight is 411 g/mol. The van der Waals surface area contributed by atoms with Gasteiger partial charge in [0, 0.05) is 30.0 Å². The van der Waals surface area contributed by atoms with E-state index in [1.165, 1.54) is 0 Å². The Morgan fingerprint density at radius 2 is 2.06 bits per heavy atom. The van der Waals surface area contributed by atoms with E-state index in [0.717, 1.165) is 33.3 Å². The number of nitrogens with zero attached hydrogens (tertiary/aromatic N) is 5. The van der Waals surface area contributed by atoms with Crippen LogP contribution in [0.3, 0.4) is 0 Å². The molecule has 3 heterocycles. The molecule has 0 spiro atoms. The first-order valence-electron chi connectivity index (χ1n) is 9.76. The zero-order valence-corrected chi connectivity index (χ0v) is 17.3. The number of aromatic nitrogens is 4. The lowest BCUT2D eigenvalue weighted by Crippen LogP contribution is -2.23. The maximum absolute atomic E-state index is 12.7. The highest BCUT2D eigenvalue weighted by molar-refractivity contribution is 5.95. The van der Waals surface area contributed by atoms with Crippen molar-refractivity contribution in [2.24, 2.45) is 0 Å². The highest BCUT2D eigenvalue weighted by Gasteiger charge is 2.17. The molecular weight excluding hydrogens is 390 g/mol. The summed E-state index contributed by atoms with van der Waals surface area (Å²) < 4.78 is 1.61. The Balaban J connectivity index is 1.52. The first-order valence-corrected chi connectivity index (χ1v) is 9.76. The third-order valence-electron chi connectivity index (χ3n) is 5.00. The summed E-state index contributed by atoms with van der Waals surface area (Å²) in [5.74, 6) is 0.0672. The van der Waals surface area contributed by atoms with Crippen molar-refractivity contribution in [1.29, 1.82) is 5.26 Å². The maximum Gasteiger partial charge on any atom is 0.256 e. The molecule has 0 bridgehead atoms. The van der Waals surface area contributed by atoms with Crippen molar-refractivity contribution in [3.63, 3.8) is 0 Å². The number of nitrogens with two attached hydrogens (primary N) is 1. The molecule has 3 N–H and O–H groups in total. The average Bonchev–Trinajstić information content (AvgIpc) is 3.15. The van der Waals surface area contributed by atoms with Crippen LogP contribution in [-0.2, 0) is 13.1 Å². The van der Waals surface area contributed by atoms with Crippen molar-refractivity contribution in [1.82, 2.24) is 25.1 Å². The molecule has 0 aliphatic rings. The Hall–Kier alpha value is -4.25. The van der Waals surface area contributed by atoms with Crippen molar-refractivity contribution < 1.29 is 4.79 Å². The molecule has 0 atom stereocenters. The van der Waals surface area contributed by atoms with E-state index in [9.17, 15) is 10.1 Å². The molecule has 0 saturated carbocycles. The standard InChI is InChI=1S/C23H21N7O/c1-14-7-18-8-16(3-5-20(18)26-10-14)12-30-13-19(21(9-24)29-30)23(31)27-11-17-4-6-22(25)28-15(17)2/h3-8,10,13H,11-12H2,1-2H3,(H2,25,28)(H,27,31). The Kier molecular flexibility index (Phi) is 5.33. The number of rotatable bonds is 5. The summed E-state index contributed by atoms with van der Waals surface area (Å²) >= 11 is 0. The van der Waals surface area contributed by atoms with Gasteiger partial charge in [0.2, 0.25) is 0 Å². The fourth-order valence-electron chi connectivity index (χ4n) is 3.39. The van der Waals surface area contributed by atoms with Crippen molar-refractivity contribution in [3.05, 3.63) is 82.4 Å². The smallest absolute Gasteiger partial charge is 0.256 e. The summed E-state index contributed by atoms with van der Waals surface area (Å²) in [4.78, 5) is 21.3. The number of nitrogens with one attached hydrogen (secondary N) is 1. The van der Waals surface area contributed by atoms with Crippen molar-refractivity contribution in [3.8, 4) is 6.07 Å². The summed E-state index contributed by atoms with van der Waals surface area (Å²) in [7, 11) is 0. The van der Waals surface area contributed by atoms with Crippen LogP contribution in [0, 0.1) is 25.2 Å². The molecule has 8 nitrogen and oxygen atoms in total. The second-order valence-corrected chi connectivity index (χ2v) is 7.40. The van der Waals surface area contributed by atoms with E-state index in [4.69, 9.17) is 5.73 Å². The van der Waals surface area contributed by atoms with E-state index >= 15 is 0 Å². The highest BCUT2D eigenvalue weighted by atomic mass is 16.1. The van der Waals surface area contributed by atoms with Gasteiger partial charge in [-0.15, -0.1) is 0 Å². The summed E-state index contributed by atoms with van der Waals surface area (Å²) in [6.07, 6.45) is 3.43. The van der Waals surface area contributed by atoms with Gasteiger partial charge in [0.15, 0.2) is 5.69 Å². The molecule has 31 heavy (non-hydrogen) atoms. The lowest BCUT2D eigenvalue weighted by atomic mass is 10.1.